The number of rotatable bonds is 6. The summed E-state index contributed by atoms with van der Waals surface area (Å²) in [4.78, 5) is 10.1. The molecule has 0 aliphatic rings. The van der Waals surface area contributed by atoms with Crippen LogP contribution in [0.1, 0.15) is 19.8 Å². The van der Waals surface area contributed by atoms with Gasteiger partial charge in [0.15, 0.2) is 6.16 Å². The van der Waals surface area contributed by atoms with Crippen molar-refractivity contribution in [1.82, 2.24) is 0 Å². The summed E-state index contributed by atoms with van der Waals surface area (Å²) < 4.78 is 16.5. The number of hydrogen-bond acceptors (Lipinski definition) is 4. The maximum Gasteiger partial charge on any atom is 0.556 e. The molecule has 1 unspecified atom stereocenters. The highest BCUT2D eigenvalue weighted by Gasteiger charge is 2.24. The van der Waals surface area contributed by atoms with Gasteiger partial charge in [-0.25, -0.2) is 4.52 Å². The monoisotopic (exact) mass is 242 g/mol. The van der Waals surface area contributed by atoms with Gasteiger partial charge in [0.1, 0.15) is 0 Å². The Morgan fingerprint density at radius 1 is 1.44 bits per heavy atom. The fourth-order valence-electron chi connectivity index (χ4n) is 1.13. The molecule has 0 aliphatic carbocycles. The molecule has 0 N–H and O–H groups in total. The molecule has 5 nitrogen and oxygen atoms in total. The molecule has 0 heterocycles. The number of nitro groups is 1. The molecule has 86 valence electrons. The summed E-state index contributed by atoms with van der Waals surface area (Å²) in [7, 11) is -1.86. The number of nitro benzene ring substituents is 1. The molecule has 16 heavy (non-hydrogen) atoms. The van der Waals surface area contributed by atoms with Gasteiger partial charge >= 0.3 is 13.7 Å². The van der Waals surface area contributed by atoms with Crippen LogP contribution in [0, 0.1) is 10.1 Å². The maximum absolute atomic E-state index is 11.4. The third-order valence-corrected chi connectivity index (χ3v) is 3.04. The van der Waals surface area contributed by atoms with E-state index in [9.17, 15) is 14.7 Å². The average molecular weight is 242 g/mol. The molecule has 0 saturated carbocycles. The number of benzene rings is 1. The molecule has 0 amide bonds. The van der Waals surface area contributed by atoms with Gasteiger partial charge in [-0.15, -0.1) is 0 Å². The van der Waals surface area contributed by atoms with E-state index in [2.05, 4.69) is 0 Å². The molecule has 0 aliphatic heterocycles. The lowest BCUT2D eigenvalue weighted by molar-refractivity contribution is -0.385. The van der Waals surface area contributed by atoms with Crippen molar-refractivity contribution in [2.24, 2.45) is 0 Å². The number of nitrogens with zero attached hydrogens (tertiary/aromatic N) is 1. The molecule has 0 spiro atoms. The van der Waals surface area contributed by atoms with Gasteiger partial charge in [-0.2, -0.15) is 0 Å². The Labute approximate surface area is 94.4 Å². The second-order valence-corrected chi connectivity index (χ2v) is 4.52. The first kappa shape index (κ1) is 12.6. The van der Waals surface area contributed by atoms with Gasteiger partial charge < -0.3 is 0 Å². The molecule has 0 fully saturated rings. The topological polar surface area (TPSA) is 69.4 Å². The molecular formula is C10H13NO4P+. The highest BCUT2D eigenvalue weighted by Crippen LogP contribution is 2.34. The van der Waals surface area contributed by atoms with Crippen molar-refractivity contribution in [3.8, 4) is 5.75 Å². The fourth-order valence-corrected chi connectivity index (χ4v) is 2.17. The van der Waals surface area contributed by atoms with Crippen molar-refractivity contribution in [3.05, 3.63) is 34.4 Å². The zero-order valence-electron chi connectivity index (χ0n) is 8.96. The summed E-state index contributed by atoms with van der Waals surface area (Å²) >= 11 is 0. The zero-order chi connectivity index (χ0) is 12.0. The first-order chi connectivity index (χ1) is 7.65. The molecule has 6 heteroatoms. The highest BCUT2D eigenvalue weighted by atomic mass is 31.1. The predicted octanol–water partition coefficient (Wildman–Crippen LogP) is 3.52. The van der Waals surface area contributed by atoms with E-state index < -0.39 is 13.0 Å². The van der Waals surface area contributed by atoms with E-state index in [0.29, 0.717) is 6.16 Å². The van der Waals surface area contributed by atoms with Gasteiger partial charge in [-0.3, -0.25) is 10.1 Å². The first-order valence-electron chi connectivity index (χ1n) is 5.01. The van der Waals surface area contributed by atoms with Gasteiger partial charge in [0.2, 0.25) is 0 Å². The Balaban J connectivity index is 2.73. The summed E-state index contributed by atoms with van der Waals surface area (Å²) in [5.41, 5.74) is -0.151. The standard InChI is InChI=1S/C10H13NO4P/c1-2-3-8-16(14)15-10-7-5-4-6-9(10)11(12)13/h4-7H,2-3,8H2,1H3/q+1. The van der Waals surface area contributed by atoms with E-state index in [4.69, 9.17) is 4.52 Å². The molecule has 0 saturated heterocycles. The molecule has 1 aromatic carbocycles. The summed E-state index contributed by atoms with van der Waals surface area (Å²) in [6.45, 7) is 1.98. The Kier molecular flexibility index (Phi) is 4.86. The van der Waals surface area contributed by atoms with Crippen LogP contribution in [0.5, 0.6) is 5.75 Å². The number of para-hydroxylation sites is 2. The molecule has 1 rings (SSSR count). The predicted molar refractivity (Wildman–Crippen MR) is 61.1 cm³/mol. The SMILES string of the molecule is CCCC[P+](=O)Oc1ccccc1[N+](=O)[O-]. The Morgan fingerprint density at radius 3 is 2.75 bits per heavy atom. The van der Waals surface area contributed by atoms with E-state index in [1.54, 1.807) is 12.1 Å². The summed E-state index contributed by atoms with van der Waals surface area (Å²) in [5, 5.41) is 10.6. The van der Waals surface area contributed by atoms with Crippen LogP contribution in [-0.2, 0) is 4.57 Å². The maximum atomic E-state index is 11.4. The van der Waals surface area contributed by atoms with Gasteiger partial charge in [0.05, 0.1) is 4.92 Å². The third-order valence-electron chi connectivity index (χ3n) is 1.96. The van der Waals surface area contributed by atoms with Crippen molar-refractivity contribution in [2.45, 2.75) is 19.8 Å². The average Bonchev–Trinajstić information content (AvgIpc) is 2.27. The van der Waals surface area contributed by atoms with Gasteiger partial charge in [0.25, 0.3) is 5.75 Å². The lowest BCUT2D eigenvalue weighted by Gasteiger charge is -1.95. The highest BCUT2D eigenvalue weighted by molar-refractivity contribution is 7.39. The van der Waals surface area contributed by atoms with E-state index in [-0.39, 0.29) is 11.4 Å². The van der Waals surface area contributed by atoms with E-state index in [0.717, 1.165) is 12.8 Å². The Hall–Kier alpha value is -1.48. The van der Waals surface area contributed by atoms with Crippen LogP contribution in [0.15, 0.2) is 24.3 Å². The quantitative estimate of drug-likeness (QED) is 0.434. The third kappa shape index (κ3) is 3.59. The summed E-state index contributed by atoms with van der Waals surface area (Å²) in [6.07, 6.45) is 2.13. The largest absolute Gasteiger partial charge is 0.556 e. The van der Waals surface area contributed by atoms with E-state index in [1.807, 2.05) is 6.92 Å². The summed E-state index contributed by atoms with van der Waals surface area (Å²) in [5.74, 6) is 0.0738. The van der Waals surface area contributed by atoms with Crippen LogP contribution in [0.3, 0.4) is 0 Å². The normalized spacial score (nSPS) is 10.9. The van der Waals surface area contributed by atoms with Crippen molar-refractivity contribution in [3.63, 3.8) is 0 Å². The second kappa shape index (κ2) is 6.18. The van der Waals surface area contributed by atoms with Crippen LogP contribution < -0.4 is 4.52 Å². The molecular weight excluding hydrogens is 229 g/mol. The van der Waals surface area contributed by atoms with Gasteiger partial charge in [0, 0.05) is 6.07 Å². The van der Waals surface area contributed by atoms with E-state index >= 15 is 0 Å². The number of unbranched alkanes of at least 4 members (excludes halogenated alkanes) is 1. The molecule has 0 aromatic heterocycles. The molecule has 1 aromatic rings. The van der Waals surface area contributed by atoms with E-state index in [1.165, 1.54) is 12.1 Å². The smallest absolute Gasteiger partial charge is 0.258 e. The Morgan fingerprint density at radius 2 is 2.12 bits per heavy atom. The zero-order valence-corrected chi connectivity index (χ0v) is 9.85. The minimum atomic E-state index is -1.86. The minimum absolute atomic E-state index is 0.0738. The van der Waals surface area contributed by atoms with Crippen LogP contribution in [0.4, 0.5) is 5.69 Å². The van der Waals surface area contributed by atoms with Gasteiger partial charge in [-0.05, 0) is 17.1 Å². The van der Waals surface area contributed by atoms with Crippen LogP contribution in [0.2, 0.25) is 0 Å². The van der Waals surface area contributed by atoms with Crippen molar-refractivity contribution in [2.75, 3.05) is 6.16 Å². The fraction of sp³-hybridized carbons (Fsp3) is 0.400. The first-order valence-corrected chi connectivity index (χ1v) is 6.37. The van der Waals surface area contributed by atoms with Crippen LogP contribution in [0.25, 0.3) is 0 Å². The number of hydrogen-bond donors (Lipinski definition) is 0. The lowest BCUT2D eigenvalue weighted by atomic mass is 10.3. The second-order valence-electron chi connectivity index (χ2n) is 3.23. The van der Waals surface area contributed by atoms with Crippen molar-refractivity contribution in [1.29, 1.82) is 0 Å². The van der Waals surface area contributed by atoms with Crippen LogP contribution >= 0.6 is 8.03 Å². The lowest BCUT2D eigenvalue weighted by Crippen LogP contribution is -1.93. The van der Waals surface area contributed by atoms with Crippen molar-refractivity contribution >= 4 is 13.7 Å². The molecule has 1 atom stereocenters. The van der Waals surface area contributed by atoms with Crippen LogP contribution in [-0.4, -0.2) is 11.1 Å². The minimum Gasteiger partial charge on any atom is -0.258 e. The Bertz CT molecular complexity index is 394. The van der Waals surface area contributed by atoms with Crippen molar-refractivity contribution < 1.29 is 14.0 Å². The van der Waals surface area contributed by atoms with Gasteiger partial charge in [-0.1, -0.05) is 25.5 Å². The summed E-state index contributed by atoms with van der Waals surface area (Å²) in [6, 6.07) is 5.95. The molecule has 0 radical (unpaired) electrons. The molecule has 0 bridgehead atoms.